The van der Waals surface area contributed by atoms with Crippen molar-refractivity contribution in [3.05, 3.63) is 0 Å². The van der Waals surface area contributed by atoms with Crippen LogP contribution < -0.4 is 0 Å². The fourth-order valence-electron chi connectivity index (χ4n) is 1.93. The molecule has 0 unspecified atom stereocenters. The first kappa shape index (κ1) is 17.3. The van der Waals surface area contributed by atoms with E-state index in [9.17, 15) is 14.4 Å². The Kier molecular flexibility index (Phi) is 5.99. The highest BCUT2D eigenvalue weighted by molar-refractivity contribution is 5.81. The van der Waals surface area contributed by atoms with E-state index in [1.807, 2.05) is 20.8 Å². The van der Waals surface area contributed by atoms with E-state index in [4.69, 9.17) is 4.74 Å². The Morgan fingerprint density at radius 1 is 0.952 bits per heavy atom. The van der Waals surface area contributed by atoms with Crippen LogP contribution in [0.3, 0.4) is 0 Å². The zero-order valence-corrected chi connectivity index (χ0v) is 13.2. The quantitative estimate of drug-likeness (QED) is 0.727. The number of amides is 2. The standard InChI is InChI=1S/C14H24N2O5/c1-14(2,3)21-13(19)16-9-7-15(8-10-16)11(17)5-6-12(18)20-4/h5-10H2,1-4H3. The van der Waals surface area contributed by atoms with Gasteiger partial charge in [0.15, 0.2) is 0 Å². The summed E-state index contributed by atoms with van der Waals surface area (Å²) in [5.41, 5.74) is -0.523. The van der Waals surface area contributed by atoms with Gasteiger partial charge >= 0.3 is 12.1 Å². The van der Waals surface area contributed by atoms with E-state index in [1.165, 1.54) is 7.11 Å². The van der Waals surface area contributed by atoms with Crippen molar-refractivity contribution in [3.63, 3.8) is 0 Å². The minimum Gasteiger partial charge on any atom is -0.469 e. The van der Waals surface area contributed by atoms with Crippen LogP contribution in [0.5, 0.6) is 0 Å². The number of ether oxygens (including phenoxy) is 2. The van der Waals surface area contributed by atoms with Crippen molar-refractivity contribution in [2.45, 2.75) is 39.2 Å². The van der Waals surface area contributed by atoms with Gasteiger partial charge in [-0.1, -0.05) is 0 Å². The highest BCUT2D eigenvalue weighted by atomic mass is 16.6. The Labute approximate surface area is 125 Å². The molecule has 2 amide bonds. The molecule has 0 radical (unpaired) electrons. The summed E-state index contributed by atoms with van der Waals surface area (Å²) in [7, 11) is 1.30. The molecule has 120 valence electrons. The summed E-state index contributed by atoms with van der Waals surface area (Å²) >= 11 is 0. The predicted octanol–water partition coefficient (Wildman–Crippen LogP) is 1.02. The highest BCUT2D eigenvalue weighted by Crippen LogP contribution is 2.12. The van der Waals surface area contributed by atoms with Gasteiger partial charge in [-0.15, -0.1) is 0 Å². The third kappa shape index (κ3) is 6.01. The Hall–Kier alpha value is -1.79. The number of carbonyl (C=O) groups is 3. The molecule has 1 aliphatic rings. The number of piperazine rings is 1. The number of methoxy groups -OCH3 is 1. The SMILES string of the molecule is COC(=O)CCC(=O)N1CCN(C(=O)OC(C)(C)C)CC1. The zero-order valence-electron chi connectivity index (χ0n) is 13.2. The van der Waals surface area contributed by atoms with Crippen LogP contribution in [0.4, 0.5) is 4.79 Å². The van der Waals surface area contributed by atoms with Crippen LogP contribution in [-0.2, 0) is 19.1 Å². The van der Waals surface area contributed by atoms with Crippen molar-refractivity contribution in [3.8, 4) is 0 Å². The molecular formula is C14H24N2O5. The average Bonchev–Trinajstić information content (AvgIpc) is 2.42. The molecule has 0 N–H and O–H groups in total. The molecule has 7 heteroatoms. The summed E-state index contributed by atoms with van der Waals surface area (Å²) in [5, 5.41) is 0. The Morgan fingerprint density at radius 3 is 1.95 bits per heavy atom. The first-order valence-corrected chi connectivity index (χ1v) is 7.05. The van der Waals surface area contributed by atoms with Gasteiger partial charge in [0.05, 0.1) is 13.5 Å². The van der Waals surface area contributed by atoms with E-state index >= 15 is 0 Å². The lowest BCUT2D eigenvalue weighted by atomic mass is 10.2. The lowest BCUT2D eigenvalue weighted by molar-refractivity contribution is -0.144. The van der Waals surface area contributed by atoms with Gasteiger partial charge in [0, 0.05) is 32.6 Å². The second-order valence-corrected chi connectivity index (χ2v) is 5.92. The van der Waals surface area contributed by atoms with Crippen LogP contribution in [0.1, 0.15) is 33.6 Å². The molecule has 0 atom stereocenters. The summed E-state index contributed by atoms with van der Waals surface area (Å²) in [6.07, 6.45) is -0.134. The van der Waals surface area contributed by atoms with Crippen LogP contribution in [0.2, 0.25) is 0 Å². The molecule has 0 aromatic rings. The van der Waals surface area contributed by atoms with Crippen LogP contribution in [0.25, 0.3) is 0 Å². The molecule has 0 aromatic heterocycles. The number of carbonyl (C=O) groups excluding carboxylic acids is 3. The number of nitrogens with zero attached hydrogens (tertiary/aromatic N) is 2. The lowest BCUT2D eigenvalue weighted by Gasteiger charge is -2.35. The molecule has 0 spiro atoms. The Morgan fingerprint density at radius 2 is 1.48 bits per heavy atom. The average molecular weight is 300 g/mol. The van der Waals surface area contributed by atoms with Gasteiger partial charge in [0.2, 0.25) is 5.91 Å². The van der Waals surface area contributed by atoms with Gasteiger partial charge in [-0.25, -0.2) is 4.79 Å². The molecule has 1 heterocycles. The molecule has 1 aliphatic heterocycles. The molecule has 1 rings (SSSR count). The second kappa shape index (κ2) is 7.28. The molecule has 0 bridgehead atoms. The van der Waals surface area contributed by atoms with Crippen LogP contribution in [0, 0.1) is 0 Å². The van der Waals surface area contributed by atoms with Gasteiger partial charge in [0.25, 0.3) is 0 Å². The number of rotatable bonds is 3. The summed E-state index contributed by atoms with van der Waals surface area (Å²) in [6.45, 7) is 7.25. The highest BCUT2D eigenvalue weighted by Gasteiger charge is 2.27. The smallest absolute Gasteiger partial charge is 0.410 e. The first-order chi connectivity index (χ1) is 9.73. The fourth-order valence-corrected chi connectivity index (χ4v) is 1.93. The van der Waals surface area contributed by atoms with Crippen LogP contribution >= 0.6 is 0 Å². The molecule has 1 fully saturated rings. The molecule has 1 saturated heterocycles. The molecule has 0 aromatic carbocycles. The predicted molar refractivity (Wildman–Crippen MR) is 75.6 cm³/mol. The molecule has 0 aliphatic carbocycles. The molecule has 0 saturated carbocycles. The Balaban J connectivity index is 2.36. The van der Waals surface area contributed by atoms with E-state index in [-0.39, 0.29) is 24.8 Å². The summed E-state index contributed by atoms with van der Waals surface area (Å²) in [6, 6.07) is 0. The maximum Gasteiger partial charge on any atom is 0.410 e. The van der Waals surface area contributed by atoms with Crippen molar-refractivity contribution in [2.75, 3.05) is 33.3 Å². The summed E-state index contributed by atoms with van der Waals surface area (Å²) < 4.78 is 9.79. The van der Waals surface area contributed by atoms with Gasteiger partial charge in [-0.2, -0.15) is 0 Å². The second-order valence-electron chi connectivity index (χ2n) is 5.92. The van der Waals surface area contributed by atoms with Gasteiger partial charge < -0.3 is 19.3 Å². The van der Waals surface area contributed by atoms with E-state index in [1.54, 1.807) is 9.80 Å². The number of hydrogen-bond acceptors (Lipinski definition) is 5. The van der Waals surface area contributed by atoms with Crippen molar-refractivity contribution < 1.29 is 23.9 Å². The molecule has 21 heavy (non-hydrogen) atoms. The normalized spacial score (nSPS) is 15.6. The van der Waals surface area contributed by atoms with E-state index < -0.39 is 11.6 Å². The van der Waals surface area contributed by atoms with E-state index in [0.29, 0.717) is 26.2 Å². The topological polar surface area (TPSA) is 76.2 Å². The van der Waals surface area contributed by atoms with Crippen molar-refractivity contribution in [1.82, 2.24) is 9.80 Å². The first-order valence-electron chi connectivity index (χ1n) is 7.05. The van der Waals surface area contributed by atoms with Crippen molar-refractivity contribution in [1.29, 1.82) is 0 Å². The third-order valence-electron chi connectivity index (χ3n) is 3.05. The van der Waals surface area contributed by atoms with Gasteiger partial charge in [-0.05, 0) is 20.8 Å². The molecule has 7 nitrogen and oxygen atoms in total. The maximum absolute atomic E-state index is 11.9. The maximum atomic E-state index is 11.9. The Bertz CT molecular complexity index is 395. The largest absolute Gasteiger partial charge is 0.469 e. The van der Waals surface area contributed by atoms with Crippen molar-refractivity contribution >= 4 is 18.0 Å². The zero-order chi connectivity index (χ0) is 16.0. The summed E-state index contributed by atoms with van der Waals surface area (Å²) in [4.78, 5) is 38.1. The fraction of sp³-hybridized carbons (Fsp3) is 0.786. The minimum absolute atomic E-state index is 0.0849. The number of hydrogen-bond donors (Lipinski definition) is 0. The van der Waals surface area contributed by atoms with Crippen molar-refractivity contribution in [2.24, 2.45) is 0 Å². The minimum atomic E-state index is -0.523. The molecular weight excluding hydrogens is 276 g/mol. The van der Waals surface area contributed by atoms with Gasteiger partial charge in [0.1, 0.15) is 5.60 Å². The third-order valence-corrected chi connectivity index (χ3v) is 3.05. The monoisotopic (exact) mass is 300 g/mol. The van der Waals surface area contributed by atoms with Crippen LogP contribution in [-0.4, -0.2) is 66.7 Å². The lowest BCUT2D eigenvalue weighted by Crippen LogP contribution is -2.51. The van der Waals surface area contributed by atoms with E-state index in [0.717, 1.165) is 0 Å². The number of esters is 1. The van der Waals surface area contributed by atoms with Crippen LogP contribution in [0.15, 0.2) is 0 Å². The van der Waals surface area contributed by atoms with Gasteiger partial charge in [-0.3, -0.25) is 9.59 Å². The van der Waals surface area contributed by atoms with E-state index in [2.05, 4.69) is 4.74 Å². The summed E-state index contributed by atoms with van der Waals surface area (Å²) in [5.74, 6) is -0.486.